The third kappa shape index (κ3) is 4.23. The van der Waals surface area contributed by atoms with E-state index >= 15 is 0 Å². The van der Waals surface area contributed by atoms with Crippen LogP contribution in [-0.2, 0) is 11.2 Å². The largest absolute Gasteiger partial charge is 0.493 e. The summed E-state index contributed by atoms with van der Waals surface area (Å²) in [6.07, 6.45) is 2.69. The van der Waals surface area contributed by atoms with Gasteiger partial charge in [0.2, 0.25) is 0 Å². The minimum atomic E-state index is -0.642. The Labute approximate surface area is 127 Å². The van der Waals surface area contributed by atoms with Crippen molar-refractivity contribution in [2.75, 3.05) is 6.61 Å². The highest BCUT2D eigenvalue weighted by atomic mass is 16.5. The van der Waals surface area contributed by atoms with Crippen molar-refractivity contribution in [3.05, 3.63) is 28.8 Å². The zero-order valence-corrected chi connectivity index (χ0v) is 13.5. The standard InChI is InChI=1S/C18H26O3/c1-11(2)10-21-17-13(4)7-12(3)8-15(17)6-5-14-9-16(14)18(19)20/h7-8,11,14,16H,5-6,9-10H2,1-4H3,(H,19,20). The summed E-state index contributed by atoms with van der Waals surface area (Å²) < 4.78 is 6.00. The second-order valence-electron chi connectivity index (χ2n) is 6.75. The number of ether oxygens (including phenoxy) is 1. The SMILES string of the molecule is Cc1cc(C)c(OCC(C)C)c(CCC2CC2C(=O)O)c1. The van der Waals surface area contributed by atoms with Crippen LogP contribution in [0.5, 0.6) is 5.75 Å². The molecule has 2 rings (SSSR count). The highest BCUT2D eigenvalue weighted by Gasteiger charge is 2.42. The van der Waals surface area contributed by atoms with Gasteiger partial charge in [0.1, 0.15) is 5.75 Å². The van der Waals surface area contributed by atoms with Crippen molar-refractivity contribution in [2.24, 2.45) is 17.8 Å². The lowest BCUT2D eigenvalue weighted by Gasteiger charge is -2.17. The molecule has 0 saturated heterocycles. The summed E-state index contributed by atoms with van der Waals surface area (Å²) in [5.74, 6) is 1.09. The lowest BCUT2D eigenvalue weighted by Crippen LogP contribution is -2.08. The molecule has 21 heavy (non-hydrogen) atoms. The Kier molecular flexibility index (Phi) is 4.92. The van der Waals surface area contributed by atoms with Crippen LogP contribution in [0, 0.1) is 31.6 Å². The van der Waals surface area contributed by atoms with Gasteiger partial charge < -0.3 is 9.84 Å². The molecule has 3 heteroatoms. The molecule has 1 N–H and O–H groups in total. The molecule has 1 saturated carbocycles. The maximum atomic E-state index is 10.9. The summed E-state index contributed by atoms with van der Waals surface area (Å²) in [5, 5.41) is 8.98. The van der Waals surface area contributed by atoms with Crippen LogP contribution in [0.1, 0.15) is 43.4 Å². The highest BCUT2D eigenvalue weighted by Crippen LogP contribution is 2.42. The lowest BCUT2D eigenvalue weighted by molar-refractivity contribution is -0.138. The molecule has 3 nitrogen and oxygen atoms in total. The first-order chi connectivity index (χ1) is 9.88. The van der Waals surface area contributed by atoms with Crippen molar-refractivity contribution in [3.8, 4) is 5.75 Å². The van der Waals surface area contributed by atoms with Crippen LogP contribution in [0.15, 0.2) is 12.1 Å². The number of carboxylic acids is 1. The number of aliphatic carboxylic acids is 1. The number of carboxylic acid groups (broad SMARTS) is 1. The smallest absolute Gasteiger partial charge is 0.306 e. The number of aryl methyl sites for hydroxylation is 3. The molecule has 1 aromatic rings. The van der Waals surface area contributed by atoms with E-state index in [1.54, 1.807) is 0 Å². The van der Waals surface area contributed by atoms with Gasteiger partial charge in [-0.1, -0.05) is 31.5 Å². The van der Waals surface area contributed by atoms with Crippen LogP contribution in [0.3, 0.4) is 0 Å². The van der Waals surface area contributed by atoms with Crippen molar-refractivity contribution in [1.29, 1.82) is 0 Å². The van der Waals surface area contributed by atoms with Gasteiger partial charge in [-0.2, -0.15) is 0 Å². The van der Waals surface area contributed by atoms with E-state index in [0.29, 0.717) is 11.8 Å². The molecule has 0 amide bonds. The molecule has 1 aliphatic carbocycles. The number of carbonyl (C=O) groups is 1. The molecule has 0 radical (unpaired) electrons. The van der Waals surface area contributed by atoms with Crippen molar-refractivity contribution in [3.63, 3.8) is 0 Å². The topological polar surface area (TPSA) is 46.5 Å². The van der Waals surface area contributed by atoms with Gasteiger partial charge in [0, 0.05) is 0 Å². The van der Waals surface area contributed by atoms with Crippen LogP contribution in [0.4, 0.5) is 0 Å². The minimum Gasteiger partial charge on any atom is -0.493 e. The van der Waals surface area contributed by atoms with Crippen molar-refractivity contribution < 1.29 is 14.6 Å². The Bertz CT molecular complexity index is 519. The average molecular weight is 290 g/mol. The van der Waals surface area contributed by atoms with Gasteiger partial charge in [-0.3, -0.25) is 4.79 Å². The van der Waals surface area contributed by atoms with Gasteiger partial charge in [0.15, 0.2) is 0 Å². The summed E-state index contributed by atoms with van der Waals surface area (Å²) >= 11 is 0. The first-order valence-electron chi connectivity index (χ1n) is 7.84. The minimum absolute atomic E-state index is 0.115. The van der Waals surface area contributed by atoms with Crippen molar-refractivity contribution in [1.82, 2.24) is 0 Å². The summed E-state index contributed by atoms with van der Waals surface area (Å²) in [7, 11) is 0. The lowest BCUT2D eigenvalue weighted by atomic mass is 10.00. The second kappa shape index (κ2) is 6.50. The molecule has 116 valence electrons. The Balaban J connectivity index is 2.04. The van der Waals surface area contributed by atoms with Crippen LogP contribution < -0.4 is 4.74 Å². The third-order valence-corrected chi connectivity index (χ3v) is 4.08. The molecule has 2 unspecified atom stereocenters. The van der Waals surface area contributed by atoms with Crippen LogP contribution in [0.2, 0.25) is 0 Å². The van der Waals surface area contributed by atoms with E-state index < -0.39 is 5.97 Å². The predicted octanol–water partition coefficient (Wildman–Crippen LogP) is 3.99. The van der Waals surface area contributed by atoms with Gasteiger partial charge in [-0.05, 0) is 56.1 Å². The molecule has 1 aliphatic rings. The Morgan fingerprint density at radius 3 is 2.67 bits per heavy atom. The second-order valence-corrected chi connectivity index (χ2v) is 6.75. The maximum absolute atomic E-state index is 10.9. The summed E-state index contributed by atoms with van der Waals surface area (Å²) in [6, 6.07) is 4.33. The van der Waals surface area contributed by atoms with Crippen LogP contribution >= 0.6 is 0 Å². The first kappa shape index (κ1) is 15.9. The van der Waals surface area contributed by atoms with Crippen LogP contribution in [-0.4, -0.2) is 17.7 Å². The van der Waals surface area contributed by atoms with Crippen molar-refractivity contribution in [2.45, 2.75) is 47.0 Å². The molecule has 2 atom stereocenters. The molecule has 0 bridgehead atoms. The van der Waals surface area contributed by atoms with E-state index in [4.69, 9.17) is 9.84 Å². The van der Waals surface area contributed by atoms with Crippen LogP contribution in [0.25, 0.3) is 0 Å². The maximum Gasteiger partial charge on any atom is 0.306 e. The Morgan fingerprint density at radius 2 is 2.10 bits per heavy atom. The molecule has 0 aliphatic heterocycles. The Morgan fingerprint density at radius 1 is 1.38 bits per heavy atom. The first-order valence-corrected chi connectivity index (χ1v) is 7.84. The monoisotopic (exact) mass is 290 g/mol. The number of hydrogen-bond donors (Lipinski definition) is 1. The number of rotatable bonds is 7. The fraction of sp³-hybridized carbons (Fsp3) is 0.611. The van der Waals surface area contributed by atoms with Gasteiger partial charge >= 0.3 is 5.97 Å². The van der Waals surface area contributed by atoms with E-state index in [9.17, 15) is 4.79 Å². The summed E-state index contributed by atoms with van der Waals surface area (Å²) in [5.41, 5.74) is 3.64. The third-order valence-electron chi connectivity index (χ3n) is 4.08. The van der Waals surface area contributed by atoms with Crippen molar-refractivity contribution >= 4 is 5.97 Å². The summed E-state index contributed by atoms with van der Waals surface area (Å²) in [4.78, 5) is 10.9. The van der Waals surface area contributed by atoms with E-state index in [1.807, 2.05) is 0 Å². The molecule has 0 heterocycles. The number of benzene rings is 1. The van der Waals surface area contributed by atoms with Gasteiger partial charge in [-0.15, -0.1) is 0 Å². The quantitative estimate of drug-likeness (QED) is 0.826. The average Bonchev–Trinajstić information content (AvgIpc) is 3.14. The predicted molar refractivity (Wildman–Crippen MR) is 83.8 cm³/mol. The molecule has 1 aromatic carbocycles. The van der Waals surface area contributed by atoms with Gasteiger partial charge in [0.25, 0.3) is 0 Å². The summed E-state index contributed by atoms with van der Waals surface area (Å²) in [6.45, 7) is 9.19. The van der Waals surface area contributed by atoms with Gasteiger partial charge in [0.05, 0.1) is 12.5 Å². The van der Waals surface area contributed by atoms with Gasteiger partial charge in [-0.25, -0.2) is 0 Å². The fourth-order valence-corrected chi connectivity index (χ4v) is 2.89. The zero-order chi connectivity index (χ0) is 15.6. The zero-order valence-electron chi connectivity index (χ0n) is 13.5. The van der Waals surface area contributed by atoms with E-state index in [2.05, 4.69) is 39.8 Å². The Hall–Kier alpha value is -1.51. The normalized spacial score (nSPS) is 20.6. The number of hydrogen-bond acceptors (Lipinski definition) is 2. The van der Waals surface area contributed by atoms with E-state index in [0.717, 1.165) is 31.6 Å². The molecular formula is C18H26O3. The molecule has 1 fully saturated rings. The highest BCUT2D eigenvalue weighted by molar-refractivity contribution is 5.73. The molecule has 0 spiro atoms. The fourth-order valence-electron chi connectivity index (χ4n) is 2.89. The molecule has 0 aromatic heterocycles. The molecular weight excluding hydrogens is 264 g/mol. The van der Waals surface area contributed by atoms with E-state index in [1.165, 1.54) is 16.7 Å². The van der Waals surface area contributed by atoms with E-state index in [-0.39, 0.29) is 5.92 Å².